The first-order chi connectivity index (χ1) is 11.6. The second-order valence-corrected chi connectivity index (χ2v) is 6.75. The molecule has 7 heteroatoms. The molecule has 0 saturated carbocycles. The average Bonchev–Trinajstić information content (AvgIpc) is 2.98. The fraction of sp³-hybridized carbons (Fsp3) is 0.529. The molecule has 2 fully saturated rings. The average molecular weight is 397 g/mol. The number of anilines is 2. The summed E-state index contributed by atoms with van der Waals surface area (Å²) in [6, 6.07) is 5.88. The fourth-order valence-electron chi connectivity index (χ4n) is 3.10. The van der Waals surface area contributed by atoms with Gasteiger partial charge in [-0.3, -0.25) is 9.59 Å². The molecule has 1 atom stereocenters. The number of amides is 1. The number of carbonyl (C=O) groups excluding carboxylic acids is 2. The van der Waals surface area contributed by atoms with Gasteiger partial charge in [0.1, 0.15) is 0 Å². The van der Waals surface area contributed by atoms with Gasteiger partial charge in [-0.1, -0.05) is 0 Å². The lowest BCUT2D eigenvalue weighted by Crippen LogP contribution is -2.36. The summed E-state index contributed by atoms with van der Waals surface area (Å²) in [5.74, 6) is -0.716. The van der Waals surface area contributed by atoms with Crippen molar-refractivity contribution >= 4 is 39.2 Å². The zero-order valence-corrected chi connectivity index (χ0v) is 15.3. The molecule has 0 spiro atoms. The summed E-state index contributed by atoms with van der Waals surface area (Å²) in [5, 5.41) is 0. The van der Waals surface area contributed by atoms with Crippen LogP contribution in [0.4, 0.5) is 11.4 Å². The predicted molar refractivity (Wildman–Crippen MR) is 94.3 cm³/mol. The number of morpholine rings is 1. The van der Waals surface area contributed by atoms with Crippen molar-refractivity contribution in [1.82, 2.24) is 0 Å². The Morgan fingerprint density at radius 3 is 2.79 bits per heavy atom. The number of benzene rings is 1. The summed E-state index contributed by atoms with van der Waals surface area (Å²) >= 11 is 3.61. The molecule has 1 aromatic rings. The summed E-state index contributed by atoms with van der Waals surface area (Å²) in [5.41, 5.74) is 1.89. The van der Waals surface area contributed by atoms with Gasteiger partial charge < -0.3 is 19.3 Å². The summed E-state index contributed by atoms with van der Waals surface area (Å²) in [7, 11) is 0. The molecular formula is C17H21BrN2O4. The highest BCUT2D eigenvalue weighted by molar-refractivity contribution is 9.10. The van der Waals surface area contributed by atoms with Crippen LogP contribution in [0.25, 0.3) is 0 Å². The first kappa shape index (κ1) is 17.2. The van der Waals surface area contributed by atoms with E-state index < -0.39 is 0 Å². The molecule has 0 bridgehead atoms. The van der Waals surface area contributed by atoms with Gasteiger partial charge >= 0.3 is 5.97 Å². The SMILES string of the molecule is CCOC(=O)[C@H]1CC(=O)N(c2ccc(N3CCOCC3)c(Br)c2)C1. The van der Waals surface area contributed by atoms with Crippen molar-refractivity contribution in [3.63, 3.8) is 0 Å². The van der Waals surface area contributed by atoms with Crippen LogP contribution in [-0.4, -0.2) is 51.3 Å². The molecule has 2 aliphatic rings. The van der Waals surface area contributed by atoms with E-state index in [0.717, 1.165) is 42.2 Å². The van der Waals surface area contributed by atoms with Gasteiger partial charge in [0.25, 0.3) is 0 Å². The third-order valence-electron chi connectivity index (χ3n) is 4.34. The number of carbonyl (C=O) groups is 2. The highest BCUT2D eigenvalue weighted by Gasteiger charge is 2.36. The van der Waals surface area contributed by atoms with E-state index in [1.54, 1.807) is 11.8 Å². The lowest BCUT2D eigenvalue weighted by atomic mass is 10.1. The van der Waals surface area contributed by atoms with E-state index in [-0.39, 0.29) is 24.2 Å². The Balaban J connectivity index is 1.74. The van der Waals surface area contributed by atoms with E-state index >= 15 is 0 Å². The molecule has 0 aliphatic carbocycles. The van der Waals surface area contributed by atoms with Crippen LogP contribution in [0.3, 0.4) is 0 Å². The van der Waals surface area contributed by atoms with Crippen LogP contribution in [0.15, 0.2) is 22.7 Å². The van der Waals surface area contributed by atoms with E-state index in [9.17, 15) is 9.59 Å². The van der Waals surface area contributed by atoms with Gasteiger partial charge in [-0.25, -0.2) is 0 Å². The third-order valence-corrected chi connectivity index (χ3v) is 4.97. The van der Waals surface area contributed by atoms with Crippen molar-refractivity contribution in [1.29, 1.82) is 0 Å². The second kappa shape index (κ2) is 7.53. The molecule has 130 valence electrons. The van der Waals surface area contributed by atoms with Crippen LogP contribution in [0.5, 0.6) is 0 Å². The lowest BCUT2D eigenvalue weighted by Gasteiger charge is -2.30. The number of nitrogens with zero attached hydrogens (tertiary/aromatic N) is 2. The predicted octanol–water partition coefficient (Wildman–Crippen LogP) is 2.20. The summed E-state index contributed by atoms with van der Waals surface area (Å²) in [4.78, 5) is 28.1. The first-order valence-corrected chi connectivity index (χ1v) is 8.98. The Hall–Kier alpha value is -1.60. The van der Waals surface area contributed by atoms with E-state index in [1.807, 2.05) is 18.2 Å². The minimum atomic E-state index is -0.379. The van der Waals surface area contributed by atoms with Crippen molar-refractivity contribution in [2.24, 2.45) is 5.92 Å². The molecule has 1 amide bonds. The van der Waals surface area contributed by atoms with Crippen LogP contribution >= 0.6 is 15.9 Å². The van der Waals surface area contributed by atoms with Crippen molar-refractivity contribution in [3.05, 3.63) is 22.7 Å². The Morgan fingerprint density at radius 2 is 2.12 bits per heavy atom. The van der Waals surface area contributed by atoms with Crippen molar-refractivity contribution in [3.8, 4) is 0 Å². The molecule has 6 nitrogen and oxygen atoms in total. The van der Waals surface area contributed by atoms with Gasteiger partial charge in [0.15, 0.2) is 0 Å². The van der Waals surface area contributed by atoms with Crippen LogP contribution in [0.1, 0.15) is 13.3 Å². The maximum absolute atomic E-state index is 12.3. The molecule has 2 saturated heterocycles. The van der Waals surface area contributed by atoms with Crippen LogP contribution in [0.2, 0.25) is 0 Å². The molecule has 0 unspecified atom stereocenters. The third kappa shape index (κ3) is 3.57. The summed E-state index contributed by atoms with van der Waals surface area (Å²) < 4.78 is 11.4. The monoisotopic (exact) mass is 396 g/mol. The number of halogens is 1. The Morgan fingerprint density at radius 1 is 1.38 bits per heavy atom. The molecule has 0 N–H and O–H groups in total. The van der Waals surface area contributed by atoms with Crippen molar-refractivity contribution in [2.45, 2.75) is 13.3 Å². The topological polar surface area (TPSA) is 59.1 Å². The number of esters is 1. The molecule has 2 heterocycles. The molecule has 3 rings (SSSR count). The molecular weight excluding hydrogens is 376 g/mol. The minimum Gasteiger partial charge on any atom is -0.466 e. The van der Waals surface area contributed by atoms with Gasteiger partial charge in [-0.2, -0.15) is 0 Å². The highest BCUT2D eigenvalue weighted by atomic mass is 79.9. The standard InChI is InChI=1S/C17H21BrN2O4/c1-2-24-17(22)12-9-16(21)20(11-12)13-3-4-15(14(18)10-13)19-5-7-23-8-6-19/h3-4,10,12H,2,5-9,11H2,1H3/t12-/m0/s1. The molecule has 0 aromatic heterocycles. The van der Waals surface area contributed by atoms with Crippen molar-refractivity contribution in [2.75, 3.05) is 49.3 Å². The molecule has 24 heavy (non-hydrogen) atoms. The highest BCUT2D eigenvalue weighted by Crippen LogP contribution is 2.33. The van der Waals surface area contributed by atoms with Crippen LogP contribution in [-0.2, 0) is 19.1 Å². The number of hydrogen-bond donors (Lipinski definition) is 0. The van der Waals surface area contributed by atoms with Gasteiger partial charge in [-0.05, 0) is 41.1 Å². The molecule has 2 aliphatic heterocycles. The lowest BCUT2D eigenvalue weighted by molar-refractivity contribution is -0.147. The normalized spacial score (nSPS) is 21.2. The first-order valence-electron chi connectivity index (χ1n) is 8.19. The number of ether oxygens (including phenoxy) is 2. The zero-order chi connectivity index (χ0) is 17.1. The smallest absolute Gasteiger partial charge is 0.311 e. The van der Waals surface area contributed by atoms with Gasteiger partial charge in [0.05, 0.1) is 31.4 Å². The Bertz CT molecular complexity index is 631. The zero-order valence-electron chi connectivity index (χ0n) is 13.7. The van der Waals surface area contributed by atoms with Crippen molar-refractivity contribution < 1.29 is 19.1 Å². The Labute approximate surface area is 149 Å². The van der Waals surface area contributed by atoms with Crippen LogP contribution in [0, 0.1) is 5.92 Å². The minimum absolute atomic E-state index is 0.0425. The number of rotatable bonds is 4. The number of hydrogen-bond acceptors (Lipinski definition) is 5. The van der Waals surface area contributed by atoms with E-state index in [2.05, 4.69) is 20.8 Å². The van der Waals surface area contributed by atoms with E-state index in [0.29, 0.717) is 13.2 Å². The van der Waals surface area contributed by atoms with E-state index in [4.69, 9.17) is 9.47 Å². The maximum atomic E-state index is 12.3. The van der Waals surface area contributed by atoms with E-state index in [1.165, 1.54) is 0 Å². The summed E-state index contributed by atoms with van der Waals surface area (Å²) in [6.45, 7) is 5.63. The summed E-state index contributed by atoms with van der Waals surface area (Å²) in [6.07, 6.45) is 0.210. The Kier molecular flexibility index (Phi) is 5.40. The fourth-order valence-corrected chi connectivity index (χ4v) is 3.72. The second-order valence-electron chi connectivity index (χ2n) is 5.89. The van der Waals surface area contributed by atoms with Gasteiger partial charge in [0, 0.05) is 36.2 Å². The quantitative estimate of drug-likeness (QED) is 0.730. The van der Waals surface area contributed by atoms with Crippen LogP contribution < -0.4 is 9.80 Å². The van der Waals surface area contributed by atoms with Gasteiger partial charge in [0.2, 0.25) is 5.91 Å². The maximum Gasteiger partial charge on any atom is 0.311 e. The molecule has 1 aromatic carbocycles. The molecule has 0 radical (unpaired) electrons. The van der Waals surface area contributed by atoms with Gasteiger partial charge in [-0.15, -0.1) is 0 Å². The largest absolute Gasteiger partial charge is 0.466 e.